The van der Waals surface area contributed by atoms with Gasteiger partial charge in [0.2, 0.25) is 0 Å². The predicted molar refractivity (Wildman–Crippen MR) is 74.1 cm³/mol. The Kier molecular flexibility index (Phi) is 2.82. The van der Waals surface area contributed by atoms with Gasteiger partial charge in [0.1, 0.15) is 0 Å². The maximum atomic E-state index is 4.00. The second-order valence-electron chi connectivity index (χ2n) is 5.76. The molecule has 0 aromatic heterocycles. The molecule has 0 spiro atoms. The Morgan fingerprint density at radius 1 is 1.29 bits per heavy atom. The molecular formula is C17H22. The van der Waals surface area contributed by atoms with E-state index in [4.69, 9.17) is 0 Å². The van der Waals surface area contributed by atoms with Crippen LogP contribution in [0.5, 0.6) is 0 Å². The van der Waals surface area contributed by atoms with E-state index < -0.39 is 0 Å². The lowest BCUT2D eigenvalue weighted by Gasteiger charge is -2.26. The highest BCUT2D eigenvalue weighted by atomic mass is 14.5. The van der Waals surface area contributed by atoms with E-state index in [0.29, 0.717) is 0 Å². The normalized spacial score (nSPS) is 30.8. The molecule has 3 unspecified atom stereocenters. The number of aryl methyl sites for hydroxylation is 1. The van der Waals surface area contributed by atoms with Crippen molar-refractivity contribution < 1.29 is 0 Å². The second-order valence-corrected chi connectivity index (χ2v) is 5.76. The molecule has 2 bridgehead atoms. The highest BCUT2D eigenvalue weighted by Crippen LogP contribution is 2.54. The first-order chi connectivity index (χ1) is 8.33. The molecule has 0 amide bonds. The van der Waals surface area contributed by atoms with E-state index in [1.54, 1.807) is 11.1 Å². The first kappa shape index (κ1) is 11.1. The van der Waals surface area contributed by atoms with Crippen molar-refractivity contribution in [1.82, 2.24) is 0 Å². The smallest absolute Gasteiger partial charge is 0.0122 e. The van der Waals surface area contributed by atoms with Gasteiger partial charge in [-0.05, 0) is 60.1 Å². The van der Waals surface area contributed by atoms with Crippen LogP contribution >= 0.6 is 0 Å². The summed E-state index contributed by atoms with van der Waals surface area (Å²) >= 11 is 0. The van der Waals surface area contributed by atoms with Crippen molar-refractivity contribution in [2.45, 2.75) is 44.9 Å². The molecule has 0 radical (unpaired) electrons. The molecule has 0 aliphatic heterocycles. The van der Waals surface area contributed by atoms with Crippen LogP contribution in [0, 0.1) is 11.8 Å². The first-order valence-corrected chi connectivity index (χ1v) is 7.07. The van der Waals surface area contributed by atoms with E-state index in [1.165, 1.54) is 31.2 Å². The minimum absolute atomic E-state index is 0.831. The van der Waals surface area contributed by atoms with E-state index in [1.807, 2.05) is 0 Å². The van der Waals surface area contributed by atoms with Gasteiger partial charge in [-0.25, -0.2) is 0 Å². The summed E-state index contributed by atoms with van der Waals surface area (Å²) in [5, 5.41) is 0. The molecule has 2 aliphatic carbocycles. The van der Waals surface area contributed by atoms with Gasteiger partial charge in [-0.2, -0.15) is 0 Å². The third-order valence-corrected chi connectivity index (χ3v) is 4.94. The van der Waals surface area contributed by atoms with Gasteiger partial charge in [0, 0.05) is 0 Å². The van der Waals surface area contributed by atoms with Gasteiger partial charge in [0.25, 0.3) is 0 Å². The third kappa shape index (κ3) is 1.74. The predicted octanol–water partition coefficient (Wildman–Crippen LogP) is 4.80. The maximum absolute atomic E-state index is 4.00. The molecule has 3 rings (SSSR count). The van der Waals surface area contributed by atoms with Crippen LogP contribution in [-0.2, 0) is 6.42 Å². The summed E-state index contributed by atoms with van der Waals surface area (Å²) in [6.45, 7) is 6.28. The van der Waals surface area contributed by atoms with Crippen LogP contribution in [0.4, 0.5) is 0 Å². The SMILES string of the molecule is C=Cc1cccc(CC)c1C1CC2CCC1C2. The summed E-state index contributed by atoms with van der Waals surface area (Å²) in [5.74, 6) is 2.82. The fourth-order valence-electron chi connectivity index (χ4n) is 4.17. The first-order valence-electron chi connectivity index (χ1n) is 7.07. The van der Waals surface area contributed by atoms with Crippen LogP contribution in [0.1, 0.15) is 55.2 Å². The fourth-order valence-corrected chi connectivity index (χ4v) is 4.17. The summed E-state index contributed by atoms with van der Waals surface area (Å²) < 4.78 is 0. The van der Waals surface area contributed by atoms with E-state index >= 15 is 0 Å². The number of benzene rings is 1. The van der Waals surface area contributed by atoms with E-state index in [-0.39, 0.29) is 0 Å². The number of rotatable bonds is 3. The minimum Gasteiger partial charge on any atom is -0.0985 e. The van der Waals surface area contributed by atoms with Gasteiger partial charge < -0.3 is 0 Å². The average Bonchev–Trinajstić information content (AvgIpc) is 2.99. The Balaban J connectivity index is 2.03. The fraction of sp³-hybridized carbons (Fsp3) is 0.529. The summed E-state index contributed by atoms with van der Waals surface area (Å²) in [6, 6.07) is 6.74. The van der Waals surface area contributed by atoms with Crippen molar-refractivity contribution in [1.29, 1.82) is 0 Å². The highest BCUT2D eigenvalue weighted by Gasteiger charge is 2.41. The summed E-state index contributed by atoms with van der Waals surface area (Å²) in [4.78, 5) is 0. The molecule has 2 saturated carbocycles. The Morgan fingerprint density at radius 3 is 2.76 bits per heavy atom. The van der Waals surface area contributed by atoms with Gasteiger partial charge in [-0.1, -0.05) is 44.2 Å². The third-order valence-electron chi connectivity index (χ3n) is 4.94. The van der Waals surface area contributed by atoms with Crippen molar-refractivity contribution >= 4 is 6.08 Å². The number of hydrogen-bond acceptors (Lipinski definition) is 0. The zero-order chi connectivity index (χ0) is 11.8. The molecule has 0 heterocycles. The summed E-state index contributed by atoms with van der Waals surface area (Å²) in [5.41, 5.74) is 4.58. The van der Waals surface area contributed by atoms with Gasteiger partial charge in [-0.15, -0.1) is 0 Å². The standard InChI is InChI=1S/C17H22/c1-3-13-6-5-7-14(4-2)17(13)16-11-12-8-9-15(16)10-12/h3,5-7,12,15-16H,1,4,8-11H2,2H3. The summed E-state index contributed by atoms with van der Waals surface area (Å²) in [7, 11) is 0. The lowest BCUT2D eigenvalue weighted by molar-refractivity contribution is 0.418. The molecule has 0 heteroatoms. The lowest BCUT2D eigenvalue weighted by atomic mass is 9.79. The molecule has 0 saturated heterocycles. The van der Waals surface area contributed by atoms with Gasteiger partial charge in [0.05, 0.1) is 0 Å². The molecule has 17 heavy (non-hydrogen) atoms. The molecule has 0 N–H and O–H groups in total. The van der Waals surface area contributed by atoms with Crippen molar-refractivity contribution in [3.8, 4) is 0 Å². The van der Waals surface area contributed by atoms with Gasteiger partial charge >= 0.3 is 0 Å². The minimum atomic E-state index is 0.831. The largest absolute Gasteiger partial charge is 0.0985 e. The molecule has 3 atom stereocenters. The van der Waals surface area contributed by atoms with Gasteiger partial charge in [-0.3, -0.25) is 0 Å². The van der Waals surface area contributed by atoms with Crippen LogP contribution < -0.4 is 0 Å². The highest BCUT2D eigenvalue weighted by molar-refractivity contribution is 5.56. The monoisotopic (exact) mass is 226 g/mol. The van der Waals surface area contributed by atoms with Crippen LogP contribution in [0.3, 0.4) is 0 Å². The Morgan fingerprint density at radius 2 is 2.18 bits per heavy atom. The molecule has 1 aromatic rings. The van der Waals surface area contributed by atoms with Crippen LogP contribution in [-0.4, -0.2) is 0 Å². The molecule has 0 nitrogen and oxygen atoms in total. The lowest BCUT2D eigenvalue weighted by Crippen LogP contribution is -2.12. The molecular weight excluding hydrogens is 204 g/mol. The zero-order valence-corrected chi connectivity index (χ0v) is 10.8. The van der Waals surface area contributed by atoms with Crippen LogP contribution in [0.2, 0.25) is 0 Å². The van der Waals surface area contributed by atoms with Crippen molar-refractivity contribution in [2.75, 3.05) is 0 Å². The zero-order valence-electron chi connectivity index (χ0n) is 10.8. The van der Waals surface area contributed by atoms with Crippen molar-refractivity contribution in [2.24, 2.45) is 11.8 Å². The molecule has 2 aliphatic rings. The number of hydrogen-bond donors (Lipinski definition) is 0. The average molecular weight is 226 g/mol. The maximum Gasteiger partial charge on any atom is -0.0122 e. The molecule has 90 valence electrons. The Hall–Kier alpha value is -1.04. The Bertz CT molecular complexity index is 430. The molecule has 2 fully saturated rings. The van der Waals surface area contributed by atoms with Crippen LogP contribution in [0.25, 0.3) is 6.08 Å². The summed E-state index contributed by atoms with van der Waals surface area (Å²) in [6.07, 6.45) is 9.08. The van der Waals surface area contributed by atoms with Crippen LogP contribution in [0.15, 0.2) is 24.8 Å². The van der Waals surface area contributed by atoms with E-state index in [0.717, 1.165) is 24.2 Å². The van der Waals surface area contributed by atoms with E-state index in [9.17, 15) is 0 Å². The second kappa shape index (κ2) is 4.33. The van der Waals surface area contributed by atoms with E-state index in [2.05, 4.69) is 37.8 Å². The number of fused-ring (bicyclic) bond motifs is 2. The topological polar surface area (TPSA) is 0 Å². The quantitative estimate of drug-likeness (QED) is 0.694. The van der Waals surface area contributed by atoms with Crippen molar-refractivity contribution in [3.05, 3.63) is 41.5 Å². The molecule has 1 aromatic carbocycles. The Labute approximate surface area is 105 Å². The van der Waals surface area contributed by atoms with Crippen molar-refractivity contribution in [3.63, 3.8) is 0 Å². The van der Waals surface area contributed by atoms with Gasteiger partial charge in [0.15, 0.2) is 0 Å².